The van der Waals surface area contributed by atoms with Gasteiger partial charge in [0.25, 0.3) is 0 Å². The number of hydrogen-bond acceptors (Lipinski definition) is 3. The molecule has 1 saturated carbocycles. The second-order valence-corrected chi connectivity index (χ2v) is 9.87. The molecule has 27 heavy (non-hydrogen) atoms. The van der Waals surface area contributed by atoms with Crippen LogP contribution in [0.4, 0.5) is 5.69 Å². The molecule has 2 atom stereocenters. The summed E-state index contributed by atoms with van der Waals surface area (Å²) in [5.74, 6) is -0.343. The summed E-state index contributed by atoms with van der Waals surface area (Å²) in [4.78, 5) is 12.7. The molecule has 0 aromatic heterocycles. The third-order valence-corrected chi connectivity index (χ3v) is 6.47. The average molecular weight is 407 g/mol. The number of hydrogen-bond donors (Lipinski definition) is 2. The van der Waals surface area contributed by atoms with E-state index in [1.165, 1.54) is 6.07 Å². The van der Waals surface area contributed by atoms with E-state index < -0.39 is 15.6 Å². The van der Waals surface area contributed by atoms with E-state index in [2.05, 4.69) is 10.0 Å². The number of halogens is 1. The number of nitrogens with one attached hydrogen (secondary N) is 2. The van der Waals surface area contributed by atoms with Crippen molar-refractivity contribution in [3.8, 4) is 0 Å². The molecule has 0 saturated heterocycles. The lowest BCUT2D eigenvalue weighted by Crippen LogP contribution is -2.40. The van der Waals surface area contributed by atoms with Gasteiger partial charge >= 0.3 is 0 Å². The molecular weight excluding hydrogens is 384 g/mol. The maximum Gasteiger partial charge on any atom is 0.243 e. The van der Waals surface area contributed by atoms with Crippen molar-refractivity contribution in [3.05, 3.63) is 59.1 Å². The normalized spacial score (nSPS) is 19.6. The van der Waals surface area contributed by atoms with Gasteiger partial charge in [-0.1, -0.05) is 41.9 Å². The quantitative estimate of drug-likeness (QED) is 0.782. The van der Waals surface area contributed by atoms with Gasteiger partial charge in [-0.15, -0.1) is 0 Å². The SMILES string of the molecule is CC(C)(C)NS(=O)(=O)c1ccccc1NC(=O)C1CC1c1ccccc1Cl. The van der Waals surface area contributed by atoms with Gasteiger partial charge in [-0.2, -0.15) is 0 Å². The van der Waals surface area contributed by atoms with Crippen molar-refractivity contribution in [2.45, 2.75) is 43.5 Å². The van der Waals surface area contributed by atoms with Gasteiger partial charge in [0, 0.05) is 16.5 Å². The monoisotopic (exact) mass is 406 g/mol. The number of amides is 1. The molecule has 1 amide bonds. The summed E-state index contributed by atoms with van der Waals surface area (Å²) in [5, 5.41) is 3.43. The minimum absolute atomic E-state index is 0.0585. The Labute approximate surface area is 165 Å². The molecule has 7 heteroatoms. The predicted octanol–water partition coefficient (Wildman–Crippen LogP) is 4.16. The second kappa shape index (κ2) is 7.26. The van der Waals surface area contributed by atoms with E-state index in [1.54, 1.807) is 39.0 Å². The topological polar surface area (TPSA) is 75.3 Å². The number of benzene rings is 2. The lowest BCUT2D eigenvalue weighted by Gasteiger charge is -2.21. The van der Waals surface area contributed by atoms with Gasteiger partial charge in [-0.25, -0.2) is 13.1 Å². The third kappa shape index (κ3) is 4.69. The third-order valence-electron chi connectivity index (χ3n) is 4.31. The van der Waals surface area contributed by atoms with Gasteiger partial charge in [0.15, 0.2) is 0 Å². The van der Waals surface area contributed by atoms with Crippen LogP contribution in [-0.2, 0) is 14.8 Å². The van der Waals surface area contributed by atoms with Crippen LogP contribution in [0.25, 0.3) is 0 Å². The molecule has 2 aromatic rings. The van der Waals surface area contributed by atoms with Gasteiger partial charge in [0.2, 0.25) is 15.9 Å². The molecule has 1 fully saturated rings. The molecule has 0 heterocycles. The number of carbonyl (C=O) groups is 1. The summed E-state index contributed by atoms with van der Waals surface area (Å²) in [5.41, 5.74) is 0.611. The maximum absolute atomic E-state index is 12.7. The van der Waals surface area contributed by atoms with Crippen LogP contribution in [0.2, 0.25) is 5.02 Å². The highest BCUT2D eigenvalue weighted by Crippen LogP contribution is 2.50. The van der Waals surface area contributed by atoms with Gasteiger partial charge in [-0.05, 0) is 56.9 Å². The van der Waals surface area contributed by atoms with Crippen molar-refractivity contribution in [1.29, 1.82) is 0 Å². The number of sulfonamides is 1. The van der Waals surface area contributed by atoms with Gasteiger partial charge in [-0.3, -0.25) is 4.79 Å². The van der Waals surface area contributed by atoms with E-state index in [4.69, 9.17) is 11.6 Å². The maximum atomic E-state index is 12.7. The zero-order valence-corrected chi connectivity index (χ0v) is 17.1. The Kier molecular flexibility index (Phi) is 5.34. The smallest absolute Gasteiger partial charge is 0.243 e. The fraction of sp³-hybridized carbons (Fsp3) is 0.350. The molecule has 144 valence electrons. The Morgan fingerprint density at radius 2 is 1.70 bits per heavy atom. The summed E-state index contributed by atoms with van der Waals surface area (Å²) >= 11 is 6.22. The number of anilines is 1. The van der Waals surface area contributed by atoms with E-state index in [0.717, 1.165) is 5.56 Å². The Morgan fingerprint density at radius 3 is 2.37 bits per heavy atom. The number of para-hydroxylation sites is 1. The van der Waals surface area contributed by atoms with Crippen molar-refractivity contribution in [2.24, 2.45) is 5.92 Å². The van der Waals surface area contributed by atoms with Crippen LogP contribution in [-0.4, -0.2) is 19.9 Å². The lowest BCUT2D eigenvalue weighted by atomic mass is 10.1. The van der Waals surface area contributed by atoms with E-state index in [-0.39, 0.29) is 28.3 Å². The summed E-state index contributed by atoms with van der Waals surface area (Å²) in [7, 11) is -3.76. The first-order chi connectivity index (χ1) is 12.6. The van der Waals surface area contributed by atoms with Crippen molar-refractivity contribution >= 4 is 33.2 Å². The first-order valence-corrected chi connectivity index (χ1v) is 10.6. The summed E-state index contributed by atoms with van der Waals surface area (Å²) in [6.45, 7) is 5.30. The molecule has 0 radical (unpaired) electrons. The summed E-state index contributed by atoms with van der Waals surface area (Å²) in [6.07, 6.45) is 0.699. The first kappa shape index (κ1) is 19.9. The second-order valence-electron chi connectivity index (χ2n) is 7.81. The van der Waals surface area contributed by atoms with Crippen LogP contribution in [0, 0.1) is 5.92 Å². The van der Waals surface area contributed by atoms with Crippen molar-refractivity contribution in [1.82, 2.24) is 4.72 Å². The van der Waals surface area contributed by atoms with Gasteiger partial charge in [0.1, 0.15) is 4.90 Å². The van der Waals surface area contributed by atoms with Crippen LogP contribution < -0.4 is 10.0 Å². The van der Waals surface area contributed by atoms with E-state index >= 15 is 0 Å². The molecular formula is C20H23ClN2O3S. The zero-order valence-electron chi connectivity index (χ0n) is 15.5. The number of rotatable bonds is 5. The highest BCUT2D eigenvalue weighted by Gasteiger charge is 2.45. The number of carbonyl (C=O) groups excluding carboxylic acids is 1. The molecule has 2 N–H and O–H groups in total. The summed E-state index contributed by atoms with van der Waals surface area (Å²) in [6, 6.07) is 13.9. The predicted molar refractivity (Wildman–Crippen MR) is 107 cm³/mol. The molecule has 0 spiro atoms. The molecule has 1 aliphatic carbocycles. The van der Waals surface area contributed by atoms with Gasteiger partial charge < -0.3 is 5.32 Å². The van der Waals surface area contributed by atoms with E-state index in [9.17, 15) is 13.2 Å². The molecule has 0 aliphatic heterocycles. The highest BCUT2D eigenvalue weighted by molar-refractivity contribution is 7.89. The first-order valence-electron chi connectivity index (χ1n) is 8.77. The van der Waals surface area contributed by atoms with Crippen molar-refractivity contribution in [2.75, 3.05) is 5.32 Å². The molecule has 5 nitrogen and oxygen atoms in total. The van der Waals surface area contributed by atoms with E-state index in [0.29, 0.717) is 11.4 Å². The fourth-order valence-electron chi connectivity index (χ4n) is 3.09. The highest BCUT2D eigenvalue weighted by atomic mass is 35.5. The largest absolute Gasteiger partial charge is 0.325 e. The Balaban J connectivity index is 1.78. The van der Waals surface area contributed by atoms with Crippen LogP contribution in [0.1, 0.15) is 38.7 Å². The van der Waals surface area contributed by atoms with Crippen molar-refractivity contribution < 1.29 is 13.2 Å². The summed E-state index contributed by atoms with van der Waals surface area (Å²) < 4.78 is 28.0. The van der Waals surface area contributed by atoms with Crippen LogP contribution in [0.3, 0.4) is 0 Å². The average Bonchev–Trinajstić information content (AvgIpc) is 3.34. The molecule has 2 aromatic carbocycles. The lowest BCUT2D eigenvalue weighted by molar-refractivity contribution is -0.117. The van der Waals surface area contributed by atoms with E-state index in [1.807, 2.05) is 24.3 Å². The molecule has 0 bridgehead atoms. The Hall–Kier alpha value is -1.89. The fourth-order valence-corrected chi connectivity index (χ4v) is 4.95. The molecule has 3 rings (SSSR count). The minimum Gasteiger partial charge on any atom is -0.325 e. The Bertz CT molecular complexity index is 967. The van der Waals surface area contributed by atoms with Gasteiger partial charge in [0.05, 0.1) is 5.69 Å². The molecule has 1 aliphatic rings. The Morgan fingerprint density at radius 1 is 1.07 bits per heavy atom. The zero-order chi connectivity index (χ0) is 19.8. The standard InChI is InChI=1S/C20H23ClN2O3S/c1-20(2,3)23-27(25,26)18-11-7-6-10-17(18)22-19(24)15-12-14(15)13-8-4-5-9-16(13)21/h4-11,14-15,23H,12H2,1-3H3,(H,22,24). The molecule has 2 unspecified atom stereocenters. The van der Waals surface area contributed by atoms with Crippen molar-refractivity contribution in [3.63, 3.8) is 0 Å². The van der Waals surface area contributed by atoms with Crippen LogP contribution >= 0.6 is 11.6 Å². The minimum atomic E-state index is -3.76. The van der Waals surface area contributed by atoms with Crippen LogP contribution in [0.15, 0.2) is 53.4 Å². The van der Waals surface area contributed by atoms with Crippen LogP contribution in [0.5, 0.6) is 0 Å².